The number of nitrogens with one attached hydrogen (secondary N) is 1. The third kappa shape index (κ3) is 3.01. The zero-order valence-electron chi connectivity index (χ0n) is 14.2. The molecule has 8 nitrogen and oxygen atoms in total. The van der Waals surface area contributed by atoms with Crippen LogP contribution >= 0.6 is 0 Å². The fraction of sp³-hybridized carbons (Fsp3) is 0.278. The van der Waals surface area contributed by atoms with Crippen molar-refractivity contribution < 1.29 is 13.9 Å². The number of ether oxygens (including phenoxy) is 1. The third-order valence-corrected chi connectivity index (χ3v) is 4.20. The van der Waals surface area contributed by atoms with E-state index in [0.717, 1.165) is 12.8 Å². The first kappa shape index (κ1) is 16.2. The van der Waals surface area contributed by atoms with Crippen molar-refractivity contribution in [2.75, 3.05) is 12.4 Å². The highest BCUT2D eigenvalue weighted by Crippen LogP contribution is 2.36. The molecular weight excluding hydrogens is 336 g/mol. The molecule has 0 atom stereocenters. The predicted molar refractivity (Wildman–Crippen MR) is 94.1 cm³/mol. The van der Waals surface area contributed by atoms with E-state index >= 15 is 0 Å². The van der Waals surface area contributed by atoms with E-state index in [-0.39, 0.29) is 24.2 Å². The molecule has 0 bridgehead atoms. The Balaban J connectivity index is 1.59. The number of benzene rings is 1. The van der Waals surface area contributed by atoms with E-state index in [1.54, 1.807) is 34.9 Å². The normalized spacial score (nSPS) is 13.6. The van der Waals surface area contributed by atoms with Crippen LogP contribution in [0.25, 0.3) is 11.6 Å². The van der Waals surface area contributed by atoms with Crippen LogP contribution in [0.4, 0.5) is 5.69 Å². The quantitative estimate of drug-likeness (QED) is 0.733. The molecule has 1 N–H and O–H groups in total. The first-order chi connectivity index (χ1) is 12.7. The van der Waals surface area contributed by atoms with Crippen molar-refractivity contribution in [1.29, 1.82) is 0 Å². The number of nitrogens with zero attached hydrogens (tertiary/aromatic N) is 3. The highest BCUT2D eigenvalue weighted by Gasteiger charge is 2.31. The molecule has 1 amide bonds. The summed E-state index contributed by atoms with van der Waals surface area (Å²) in [5.74, 6) is 1.15. The Kier molecular flexibility index (Phi) is 4.08. The molecule has 2 heterocycles. The van der Waals surface area contributed by atoms with E-state index < -0.39 is 0 Å². The summed E-state index contributed by atoms with van der Waals surface area (Å²) in [5.41, 5.74) is 0.231. The van der Waals surface area contributed by atoms with Crippen LogP contribution in [-0.2, 0) is 11.3 Å². The molecule has 1 aliphatic rings. The number of para-hydroxylation sites is 2. The van der Waals surface area contributed by atoms with E-state index in [1.165, 1.54) is 18.1 Å². The summed E-state index contributed by atoms with van der Waals surface area (Å²) in [6.45, 7) is -0.190. The molecule has 0 unspecified atom stereocenters. The molecule has 0 aliphatic heterocycles. The highest BCUT2D eigenvalue weighted by molar-refractivity contribution is 5.92. The molecule has 134 valence electrons. The maximum Gasteiger partial charge on any atom is 0.347 e. The molecule has 26 heavy (non-hydrogen) atoms. The van der Waals surface area contributed by atoms with E-state index in [2.05, 4.69) is 10.4 Å². The Morgan fingerprint density at radius 2 is 2.12 bits per heavy atom. The second-order valence-corrected chi connectivity index (χ2v) is 6.09. The molecule has 1 aliphatic carbocycles. The Morgan fingerprint density at radius 3 is 2.81 bits per heavy atom. The van der Waals surface area contributed by atoms with Gasteiger partial charge in [-0.1, -0.05) is 12.1 Å². The minimum Gasteiger partial charge on any atom is -0.495 e. The van der Waals surface area contributed by atoms with Crippen LogP contribution in [0.5, 0.6) is 5.75 Å². The Bertz CT molecular complexity index is 983. The molecule has 1 fully saturated rings. The maximum absolute atomic E-state index is 12.7. The van der Waals surface area contributed by atoms with Crippen LogP contribution in [0.2, 0.25) is 0 Å². The lowest BCUT2D eigenvalue weighted by Crippen LogP contribution is -2.30. The molecule has 2 aromatic heterocycles. The lowest BCUT2D eigenvalue weighted by atomic mass is 10.3. The van der Waals surface area contributed by atoms with Gasteiger partial charge >= 0.3 is 5.69 Å². The molecule has 1 saturated carbocycles. The van der Waals surface area contributed by atoms with Crippen LogP contribution in [0, 0.1) is 0 Å². The number of furan rings is 1. The number of amides is 1. The lowest BCUT2D eigenvalue weighted by molar-refractivity contribution is -0.117. The SMILES string of the molecule is COc1ccccc1NC(=O)Cn1nc(-c2ccco2)n(C2CC2)c1=O. The zero-order valence-corrected chi connectivity index (χ0v) is 14.2. The van der Waals surface area contributed by atoms with Crippen molar-refractivity contribution in [3.63, 3.8) is 0 Å². The summed E-state index contributed by atoms with van der Waals surface area (Å²) in [5, 5.41) is 7.07. The van der Waals surface area contributed by atoms with Crippen LogP contribution in [-0.4, -0.2) is 27.4 Å². The van der Waals surface area contributed by atoms with Gasteiger partial charge in [-0.2, -0.15) is 0 Å². The first-order valence-corrected chi connectivity index (χ1v) is 8.33. The lowest BCUT2D eigenvalue weighted by Gasteiger charge is -2.09. The van der Waals surface area contributed by atoms with Gasteiger partial charge in [0.2, 0.25) is 11.7 Å². The summed E-state index contributed by atoms with van der Waals surface area (Å²) >= 11 is 0. The van der Waals surface area contributed by atoms with Crippen molar-refractivity contribution in [1.82, 2.24) is 14.3 Å². The minimum absolute atomic E-state index is 0.119. The summed E-state index contributed by atoms with van der Waals surface area (Å²) < 4.78 is 13.4. The number of hydrogen-bond acceptors (Lipinski definition) is 5. The molecule has 0 spiro atoms. The van der Waals surface area contributed by atoms with Crippen molar-refractivity contribution >= 4 is 11.6 Å². The fourth-order valence-electron chi connectivity index (χ4n) is 2.83. The van der Waals surface area contributed by atoms with Crippen molar-refractivity contribution in [3.8, 4) is 17.3 Å². The van der Waals surface area contributed by atoms with E-state index in [1.807, 2.05) is 6.07 Å². The fourth-order valence-corrected chi connectivity index (χ4v) is 2.83. The number of carbonyl (C=O) groups is 1. The van der Waals surface area contributed by atoms with Gasteiger partial charge in [-0.25, -0.2) is 9.48 Å². The van der Waals surface area contributed by atoms with Crippen molar-refractivity contribution in [3.05, 3.63) is 53.1 Å². The van der Waals surface area contributed by atoms with Gasteiger partial charge < -0.3 is 14.5 Å². The van der Waals surface area contributed by atoms with Gasteiger partial charge in [0.15, 0.2) is 5.76 Å². The van der Waals surface area contributed by atoms with Crippen molar-refractivity contribution in [2.24, 2.45) is 0 Å². The molecule has 0 saturated heterocycles. The maximum atomic E-state index is 12.7. The van der Waals surface area contributed by atoms with Crippen molar-refractivity contribution in [2.45, 2.75) is 25.4 Å². The molecule has 1 aromatic carbocycles. The Morgan fingerprint density at radius 1 is 1.31 bits per heavy atom. The summed E-state index contributed by atoms with van der Waals surface area (Å²) in [4.78, 5) is 25.1. The van der Waals surface area contributed by atoms with E-state index in [0.29, 0.717) is 23.0 Å². The first-order valence-electron chi connectivity index (χ1n) is 8.33. The molecule has 4 rings (SSSR count). The molecule has 3 aromatic rings. The number of hydrogen-bond donors (Lipinski definition) is 1. The molecule has 8 heteroatoms. The Hall–Kier alpha value is -3.29. The highest BCUT2D eigenvalue weighted by atomic mass is 16.5. The predicted octanol–water partition coefficient (Wildman–Crippen LogP) is 2.29. The topological polar surface area (TPSA) is 91.3 Å². The van der Waals surface area contributed by atoms with Gasteiger partial charge in [-0.15, -0.1) is 5.10 Å². The van der Waals surface area contributed by atoms with E-state index in [9.17, 15) is 9.59 Å². The monoisotopic (exact) mass is 354 g/mol. The second-order valence-electron chi connectivity index (χ2n) is 6.09. The van der Waals surface area contributed by atoms with Gasteiger partial charge in [0, 0.05) is 6.04 Å². The zero-order chi connectivity index (χ0) is 18.1. The average Bonchev–Trinajstić information content (AvgIpc) is 3.22. The number of carbonyl (C=O) groups excluding carboxylic acids is 1. The average molecular weight is 354 g/mol. The van der Waals surface area contributed by atoms with Gasteiger partial charge in [0.05, 0.1) is 19.1 Å². The minimum atomic E-state index is -0.358. The van der Waals surface area contributed by atoms with Gasteiger partial charge in [-0.05, 0) is 37.1 Å². The van der Waals surface area contributed by atoms with Gasteiger partial charge in [0.1, 0.15) is 12.3 Å². The van der Waals surface area contributed by atoms with Gasteiger partial charge in [0.25, 0.3) is 0 Å². The molecular formula is C18H18N4O4. The van der Waals surface area contributed by atoms with E-state index in [4.69, 9.17) is 9.15 Å². The summed E-state index contributed by atoms with van der Waals surface area (Å²) in [6.07, 6.45) is 3.38. The summed E-state index contributed by atoms with van der Waals surface area (Å²) in [7, 11) is 1.53. The standard InChI is InChI=1S/C18H18N4O4/c1-25-14-6-3-2-5-13(14)19-16(23)11-21-18(24)22(12-8-9-12)17(20-21)15-7-4-10-26-15/h2-7,10,12H,8-9,11H2,1H3,(H,19,23). The number of anilines is 1. The molecule has 0 radical (unpaired) electrons. The van der Waals surface area contributed by atoms with Crippen LogP contribution in [0.15, 0.2) is 51.9 Å². The summed E-state index contributed by atoms with van der Waals surface area (Å²) in [6, 6.07) is 10.7. The van der Waals surface area contributed by atoms with Crippen LogP contribution in [0.3, 0.4) is 0 Å². The van der Waals surface area contributed by atoms with Crippen LogP contribution < -0.4 is 15.7 Å². The number of aromatic nitrogens is 3. The second kappa shape index (κ2) is 6.55. The Labute approximate surface area is 149 Å². The van der Waals surface area contributed by atoms with Crippen LogP contribution in [0.1, 0.15) is 18.9 Å². The van der Waals surface area contributed by atoms with Gasteiger partial charge in [-0.3, -0.25) is 9.36 Å². The number of rotatable bonds is 6. The third-order valence-electron chi connectivity index (χ3n) is 4.20. The smallest absolute Gasteiger partial charge is 0.347 e. The largest absolute Gasteiger partial charge is 0.495 e. The number of methoxy groups -OCH3 is 1.